The number of carboxylic acids is 3. The fourth-order valence-electron chi connectivity index (χ4n) is 3.14. The summed E-state index contributed by atoms with van der Waals surface area (Å²) in [5.41, 5.74) is 0.857. The molecule has 5 N–H and O–H groups in total. The molecule has 0 radical (unpaired) electrons. The minimum Gasteiger partial charge on any atom is -0.481 e. The zero-order valence-electron chi connectivity index (χ0n) is 20.9. The van der Waals surface area contributed by atoms with Gasteiger partial charge in [-0.2, -0.15) is 0 Å². The van der Waals surface area contributed by atoms with E-state index in [-0.39, 0.29) is 50.6 Å². The van der Waals surface area contributed by atoms with Crippen molar-refractivity contribution in [3.05, 3.63) is 34.3 Å². The fraction of sp³-hybridized carbons (Fsp3) is 0.500. The normalized spacial score (nSPS) is 12.1. The van der Waals surface area contributed by atoms with Crippen LogP contribution in [0.25, 0.3) is 0 Å². The number of hydrogen-bond acceptors (Lipinski definition) is 7. The molecule has 14 heteroatoms. The maximum Gasteiger partial charge on any atom is 0.408 e. The lowest BCUT2D eigenvalue weighted by Gasteiger charge is -2.18. The minimum atomic E-state index is -1.55. The van der Waals surface area contributed by atoms with Crippen LogP contribution in [0.4, 0.5) is 4.79 Å². The predicted molar refractivity (Wildman–Crippen MR) is 136 cm³/mol. The van der Waals surface area contributed by atoms with E-state index in [1.54, 1.807) is 7.05 Å². The Hall–Kier alpha value is -3.68. The van der Waals surface area contributed by atoms with E-state index in [2.05, 4.69) is 21.2 Å². The van der Waals surface area contributed by atoms with Crippen LogP contribution in [-0.4, -0.2) is 88.3 Å². The lowest BCUT2D eigenvalue weighted by molar-refractivity contribution is -0.147. The summed E-state index contributed by atoms with van der Waals surface area (Å²) in [5.74, 6) is -4.57. The second-order valence-corrected chi connectivity index (χ2v) is 9.33. The number of benzene rings is 1. The number of likely N-dealkylation sites (N-methyl/N-ethyl adjacent to an activating group) is 1. The van der Waals surface area contributed by atoms with Crippen LogP contribution in [0, 0.1) is 0 Å². The number of unbranched alkanes of at least 4 members (excludes halogenated alkanes) is 1. The molecule has 38 heavy (non-hydrogen) atoms. The summed E-state index contributed by atoms with van der Waals surface area (Å²) < 4.78 is 5.69. The van der Waals surface area contributed by atoms with Crippen LogP contribution in [0.5, 0.6) is 0 Å². The van der Waals surface area contributed by atoms with Crippen LogP contribution >= 0.6 is 15.9 Å². The van der Waals surface area contributed by atoms with Crippen molar-refractivity contribution in [1.82, 2.24) is 15.5 Å². The quantitative estimate of drug-likeness (QED) is 0.163. The van der Waals surface area contributed by atoms with Crippen molar-refractivity contribution in [1.29, 1.82) is 0 Å². The summed E-state index contributed by atoms with van der Waals surface area (Å²) in [7, 11) is 1.61. The van der Waals surface area contributed by atoms with Crippen molar-refractivity contribution in [2.24, 2.45) is 0 Å². The number of rotatable bonds is 17. The number of alkyl carbamates (subject to hydrolysis) is 1. The smallest absolute Gasteiger partial charge is 0.408 e. The van der Waals surface area contributed by atoms with Crippen molar-refractivity contribution >= 4 is 51.7 Å². The van der Waals surface area contributed by atoms with E-state index in [1.807, 2.05) is 29.6 Å². The summed E-state index contributed by atoms with van der Waals surface area (Å²) in [5, 5.41) is 31.6. The molecule has 0 bridgehead atoms. The standard InChI is InChI=1S/C24H32BrN3O10/c1-28(20(30)14-15-5-7-16(25)8-6-15)13-11-19(29)26-12-3-2-4-18(23(35)36)38-24(37)27-17(22(33)34)9-10-21(31)32/h5-8,17-18H,2-4,9-14H2,1H3,(H,26,29)(H,27,37)(H,31,32)(H,33,34)(H,35,36)/t17-,18-/m0/s1. The Balaban J connectivity index is 2.31. The molecule has 0 saturated carbocycles. The van der Waals surface area contributed by atoms with E-state index in [4.69, 9.17) is 14.9 Å². The molecule has 210 valence electrons. The van der Waals surface area contributed by atoms with Gasteiger partial charge in [0.2, 0.25) is 17.9 Å². The van der Waals surface area contributed by atoms with Crippen LogP contribution in [0.15, 0.2) is 28.7 Å². The van der Waals surface area contributed by atoms with Crippen molar-refractivity contribution in [2.45, 2.75) is 57.1 Å². The van der Waals surface area contributed by atoms with Crippen LogP contribution in [0.3, 0.4) is 0 Å². The molecule has 1 aromatic rings. The maximum atomic E-state index is 12.3. The summed E-state index contributed by atoms with van der Waals surface area (Å²) in [6.45, 7) is 0.471. The first kappa shape index (κ1) is 32.3. The van der Waals surface area contributed by atoms with Crippen LogP contribution in [-0.2, 0) is 35.1 Å². The molecule has 1 rings (SSSR count). The molecule has 0 heterocycles. The molecular weight excluding hydrogens is 570 g/mol. The van der Waals surface area contributed by atoms with Gasteiger partial charge in [0.15, 0.2) is 0 Å². The zero-order valence-corrected chi connectivity index (χ0v) is 22.4. The Kier molecular flexibility index (Phi) is 14.4. The Morgan fingerprint density at radius 3 is 2.18 bits per heavy atom. The lowest BCUT2D eigenvalue weighted by atomic mass is 10.1. The average molecular weight is 602 g/mol. The molecule has 2 atom stereocenters. The van der Waals surface area contributed by atoms with Gasteiger partial charge in [-0.1, -0.05) is 28.1 Å². The van der Waals surface area contributed by atoms with E-state index in [0.29, 0.717) is 6.42 Å². The van der Waals surface area contributed by atoms with E-state index >= 15 is 0 Å². The number of nitrogens with zero attached hydrogens (tertiary/aromatic N) is 1. The molecule has 1 aromatic carbocycles. The first-order valence-electron chi connectivity index (χ1n) is 11.8. The average Bonchev–Trinajstić information content (AvgIpc) is 2.84. The number of hydrogen-bond donors (Lipinski definition) is 5. The van der Waals surface area contributed by atoms with E-state index < -0.39 is 49.0 Å². The minimum absolute atomic E-state index is 0.0845. The Morgan fingerprint density at radius 1 is 0.947 bits per heavy atom. The topological polar surface area (TPSA) is 200 Å². The number of nitrogens with one attached hydrogen (secondary N) is 2. The third-order valence-corrected chi connectivity index (χ3v) is 5.87. The first-order valence-corrected chi connectivity index (χ1v) is 12.6. The summed E-state index contributed by atoms with van der Waals surface area (Å²) in [6, 6.07) is 5.82. The van der Waals surface area contributed by atoms with Gasteiger partial charge in [0.25, 0.3) is 0 Å². The summed E-state index contributed by atoms with van der Waals surface area (Å²) in [6.07, 6.45) is -2.86. The Morgan fingerprint density at radius 2 is 1.61 bits per heavy atom. The molecular formula is C24H32BrN3O10. The van der Waals surface area contributed by atoms with Gasteiger partial charge in [0.05, 0.1) is 6.42 Å². The van der Waals surface area contributed by atoms with Crippen LogP contribution < -0.4 is 10.6 Å². The third-order valence-electron chi connectivity index (χ3n) is 5.35. The van der Waals surface area contributed by atoms with Gasteiger partial charge in [-0.05, 0) is 43.4 Å². The van der Waals surface area contributed by atoms with Gasteiger partial charge in [-0.25, -0.2) is 14.4 Å². The number of halogens is 1. The fourth-order valence-corrected chi connectivity index (χ4v) is 3.40. The highest BCUT2D eigenvalue weighted by atomic mass is 79.9. The summed E-state index contributed by atoms with van der Waals surface area (Å²) in [4.78, 5) is 70.8. The maximum absolute atomic E-state index is 12.3. The molecule has 0 spiro atoms. The van der Waals surface area contributed by atoms with Crippen molar-refractivity contribution < 1.29 is 48.8 Å². The lowest BCUT2D eigenvalue weighted by Crippen LogP contribution is -2.43. The molecule has 0 aromatic heterocycles. The van der Waals surface area contributed by atoms with Gasteiger partial charge >= 0.3 is 24.0 Å². The highest BCUT2D eigenvalue weighted by Gasteiger charge is 2.26. The molecule has 3 amide bonds. The molecule has 0 aliphatic carbocycles. The summed E-state index contributed by atoms with van der Waals surface area (Å²) >= 11 is 3.33. The molecule has 0 unspecified atom stereocenters. The number of amides is 3. The number of carbonyl (C=O) groups excluding carboxylic acids is 3. The van der Waals surface area contributed by atoms with Crippen LogP contribution in [0.1, 0.15) is 44.1 Å². The van der Waals surface area contributed by atoms with E-state index in [9.17, 15) is 33.9 Å². The number of carboxylic acid groups (broad SMARTS) is 3. The highest BCUT2D eigenvalue weighted by molar-refractivity contribution is 9.10. The third kappa shape index (κ3) is 13.6. The predicted octanol–water partition coefficient (Wildman–Crippen LogP) is 1.62. The molecule has 0 saturated heterocycles. The largest absolute Gasteiger partial charge is 0.481 e. The van der Waals surface area contributed by atoms with Crippen molar-refractivity contribution in [3.63, 3.8) is 0 Å². The Bertz CT molecular complexity index is 986. The van der Waals surface area contributed by atoms with E-state index in [0.717, 1.165) is 10.0 Å². The molecule has 0 fully saturated rings. The number of ether oxygens (including phenoxy) is 1. The second-order valence-electron chi connectivity index (χ2n) is 8.41. The van der Waals surface area contributed by atoms with Crippen LogP contribution in [0.2, 0.25) is 0 Å². The highest BCUT2D eigenvalue weighted by Crippen LogP contribution is 2.12. The molecule has 0 aliphatic rings. The van der Waals surface area contributed by atoms with Crippen molar-refractivity contribution in [2.75, 3.05) is 20.1 Å². The molecule has 13 nitrogen and oxygen atoms in total. The van der Waals surface area contributed by atoms with Gasteiger partial charge in [-0.3, -0.25) is 14.4 Å². The SMILES string of the molecule is CN(CCC(=O)NCCCC[C@H](OC(=O)N[C@@H](CCC(=O)O)C(=O)O)C(=O)O)C(=O)Cc1ccc(Br)cc1. The monoisotopic (exact) mass is 601 g/mol. The second kappa shape index (κ2) is 16.9. The van der Waals surface area contributed by atoms with Crippen molar-refractivity contribution in [3.8, 4) is 0 Å². The first-order chi connectivity index (χ1) is 17.9. The van der Waals surface area contributed by atoms with E-state index in [1.165, 1.54) is 4.90 Å². The Labute approximate surface area is 227 Å². The number of aliphatic carboxylic acids is 3. The number of carbonyl (C=O) groups is 6. The zero-order chi connectivity index (χ0) is 28.7. The van der Waals surface area contributed by atoms with Gasteiger partial charge in [0.1, 0.15) is 6.04 Å². The van der Waals surface area contributed by atoms with Gasteiger partial charge in [0, 0.05) is 37.5 Å². The molecule has 0 aliphatic heterocycles. The van der Waals surface area contributed by atoms with Gasteiger partial charge in [-0.15, -0.1) is 0 Å². The van der Waals surface area contributed by atoms with Gasteiger partial charge < -0.3 is 35.6 Å².